The summed E-state index contributed by atoms with van der Waals surface area (Å²) in [6.07, 6.45) is -4.24. The predicted octanol–water partition coefficient (Wildman–Crippen LogP) is 4.77. The number of hydrogen-bond acceptors (Lipinski definition) is 8. The van der Waals surface area contributed by atoms with Crippen molar-refractivity contribution in [2.45, 2.75) is 63.4 Å². The molecule has 2 aromatic heterocycles. The van der Waals surface area contributed by atoms with E-state index < -0.39 is 60.6 Å². The number of aromatic nitrogens is 2. The van der Waals surface area contributed by atoms with Crippen LogP contribution in [-0.4, -0.2) is 57.0 Å². The van der Waals surface area contributed by atoms with Gasteiger partial charge in [-0.1, -0.05) is 0 Å². The molecule has 0 aliphatic rings. The second-order valence-electron chi connectivity index (χ2n) is 8.76. The van der Waals surface area contributed by atoms with Crippen molar-refractivity contribution >= 4 is 40.3 Å². The Morgan fingerprint density at radius 2 is 1.74 bits per heavy atom. The number of rotatable bonds is 13. The van der Waals surface area contributed by atoms with E-state index in [1.165, 1.54) is 49.0 Å². The summed E-state index contributed by atoms with van der Waals surface area (Å²) in [4.78, 5) is 47.2. The first-order valence-corrected chi connectivity index (χ1v) is 13.6. The lowest BCUT2D eigenvalue weighted by atomic mass is 10.0. The van der Waals surface area contributed by atoms with Crippen LogP contribution in [0.1, 0.15) is 58.5 Å². The minimum absolute atomic E-state index is 0.000420. The number of aliphatic hydroxyl groups is 1. The van der Waals surface area contributed by atoms with Crippen LogP contribution in [0, 0.1) is 5.82 Å². The SMILES string of the molecule is CC(O)CC[C@H](NC(=O)c1cnc(-c2ccc(F)cc2)s1)C(=O)N[C@@H](CCCC(F)(F)F)C(=O)c1nccs1. The molecule has 0 aliphatic heterocycles. The van der Waals surface area contributed by atoms with E-state index in [0.717, 1.165) is 22.7 Å². The average molecular weight is 587 g/mol. The van der Waals surface area contributed by atoms with Crippen molar-refractivity contribution in [3.8, 4) is 10.6 Å². The van der Waals surface area contributed by atoms with Crippen molar-refractivity contribution in [1.29, 1.82) is 0 Å². The van der Waals surface area contributed by atoms with Gasteiger partial charge in [0.1, 0.15) is 21.7 Å². The van der Waals surface area contributed by atoms with Crippen LogP contribution in [-0.2, 0) is 4.79 Å². The summed E-state index contributed by atoms with van der Waals surface area (Å²) in [6, 6.07) is 3.04. The van der Waals surface area contributed by atoms with Crippen molar-refractivity contribution < 1.29 is 37.1 Å². The molecule has 3 aromatic rings. The Kier molecular flexibility index (Phi) is 10.7. The summed E-state index contributed by atoms with van der Waals surface area (Å²) in [5.74, 6) is -2.49. The van der Waals surface area contributed by atoms with Crippen LogP contribution in [0.4, 0.5) is 17.6 Å². The van der Waals surface area contributed by atoms with Crippen molar-refractivity contribution in [2.24, 2.45) is 0 Å². The van der Waals surface area contributed by atoms with E-state index >= 15 is 0 Å². The molecule has 1 aromatic carbocycles. The number of aliphatic hydroxyl groups excluding tert-OH is 1. The first-order valence-electron chi connectivity index (χ1n) is 11.9. The van der Waals surface area contributed by atoms with Gasteiger partial charge in [-0.15, -0.1) is 22.7 Å². The number of thiazole rings is 2. The number of amides is 2. The highest BCUT2D eigenvalue weighted by molar-refractivity contribution is 7.16. The third-order valence-corrected chi connectivity index (χ3v) is 7.38. The van der Waals surface area contributed by atoms with Crippen LogP contribution < -0.4 is 10.6 Å². The lowest BCUT2D eigenvalue weighted by molar-refractivity contribution is -0.135. The highest BCUT2D eigenvalue weighted by atomic mass is 32.1. The van der Waals surface area contributed by atoms with E-state index in [9.17, 15) is 37.1 Å². The van der Waals surface area contributed by atoms with Gasteiger partial charge in [-0.25, -0.2) is 14.4 Å². The molecular weight excluding hydrogens is 560 g/mol. The fraction of sp³-hybridized carbons (Fsp3) is 0.400. The maximum absolute atomic E-state index is 13.2. The van der Waals surface area contributed by atoms with E-state index in [2.05, 4.69) is 20.6 Å². The molecule has 3 rings (SSSR count). The van der Waals surface area contributed by atoms with Gasteiger partial charge >= 0.3 is 6.18 Å². The number of Topliss-reactive ketones (excluding diaryl/α,β-unsaturated/α-hetero) is 1. The number of benzene rings is 1. The summed E-state index contributed by atoms with van der Waals surface area (Å²) in [5, 5.41) is 16.8. The van der Waals surface area contributed by atoms with Crippen LogP contribution >= 0.6 is 22.7 Å². The molecule has 0 bridgehead atoms. The highest BCUT2D eigenvalue weighted by Gasteiger charge is 2.31. The smallest absolute Gasteiger partial charge is 0.389 e. The Labute approximate surface area is 229 Å². The second-order valence-corrected chi connectivity index (χ2v) is 10.7. The number of alkyl halides is 3. The molecule has 14 heteroatoms. The number of carbonyl (C=O) groups is 3. The third kappa shape index (κ3) is 9.48. The van der Waals surface area contributed by atoms with Gasteiger partial charge in [-0.2, -0.15) is 13.2 Å². The highest BCUT2D eigenvalue weighted by Crippen LogP contribution is 2.26. The summed E-state index contributed by atoms with van der Waals surface area (Å²) in [5.41, 5.74) is 0.589. The van der Waals surface area contributed by atoms with E-state index in [-0.39, 0.29) is 29.1 Å². The third-order valence-electron chi connectivity index (χ3n) is 5.54. The Morgan fingerprint density at radius 1 is 1.03 bits per heavy atom. The summed E-state index contributed by atoms with van der Waals surface area (Å²) in [7, 11) is 0. The van der Waals surface area contributed by atoms with Gasteiger partial charge in [-0.05, 0) is 56.9 Å². The molecule has 2 amide bonds. The molecule has 0 aliphatic carbocycles. The molecule has 0 saturated carbocycles. The number of halogens is 4. The second kappa shape index (κ2) is 13.7. The molecule has 0 spiro atoms. The molecule has 0 fully saturated rings. The predicted molar refractivity (Wildman–Crippen MR) is 138 cm³/mol. The molecular formula is C25H26F4N4O4S2. The van der Waals surface area contributed by atoms with E-state index in [4.69, 9.17) is 0 Å². The quantitative estimate of drug-likeness (QED) is 0.196. The summed E-state index contributed by atoms with van der Waals surface area (Å²) in [6.45, 7) is 1.50. The van der Waals surface area contributed by atoms with Gasteiger partial charge < -0.3 is 15.7 Å². The van der Waals surface area contributed by atoms with Gasteiger partial charge in [0.25, 0.3) is 5.91 Å². The fourth-order valence-electron chi connectivity index (χ4n) is 3.55. The number of carbonyl (C=O) groups excluding carboxylic acids is 3. The molecule has 8 nitrogen and oxygen atoms in total. The number of hydrogen-bond donors (Lipinski definition) is 3. The van der Waals surface area contributed by atoms with Crippen molar-refractivity contribution in [1.82, 2.24) is 20.6 Å². The van der Waals surface area contributed by atoms with Gasteiger partial charge in [-0.3, -0.25) is 14.4 Å². The molecule has 0 radical (unpaired) electrons. The minimum atomic E-state index is -4.42. The molecule has 39 heavy (non-hydrogen) atoms. The van der Waals surface area contributed by atoms with E-state index in [1.54, 1.807) is 0 Å². The largest absolute Gasteiger partial charge is 0.393 e. The van der Waals surface area contributed by atoms with Crippen LogP contribution in [0.2, 0.25) is 0 Å². The fourth-order valence-corrected chi connectivity index (χ4v) is 5.01. The first kappa shape index (κ1) is 30.3. The Bertz CT molecular complexity index is 1250. The Hall–Kier alpha value is -3.23. The Morgan fingerprint density at radius 3 is 2.36 bits per heavy atom. The summed E-state index contributed by atoms with van der Waals surface area (Å²) >= 11 is 2.01. The van der Waals surface area contributed by atoms with E-state index in [1.807, 2.05) is 0 Å². The number of nitrogens with zero attached hydrogens (tertiary/aromatic N) is 2. The zero-order valence-electron chi connectivity index (χ0n) is 20.7. The average Bonchev–Trinajstić information content (AvgIpc) is 3.58. The normalized spacial score (nSPS) is 13.9. The molecule has 1 unspecified atom stereocenters. The van der Waals surface area contributed by atoms with Gasteiger partial charge in [0.15, 0.2) is 5.01 Å². The van der Waals surface area contributed by atoms with Crippen LogP contribution in [0.15, 0.2) is 42.0 Å². The van der Waals surface area contributed by atoms with Crippen molar-refractivity contribution in [3.05, 3.63) is 57.7 Å². The monoisotopic (exact) mass is 586 g/mol. The van der Waals surface area contributed by atoms with Crippen molar-refractivity contribution in [2.75, 3.05) is 0 Å². The van der Waals surface area contributed by atoms with Crippen LogP contribution in [0.25, 0.3) is 10.6 Å². The van der Waals surface area contributed by atoms with E-state index in [0.29, 0.717) is 10.6 Å². The standard InChI is InChI=1S/C25H26F4N4O4S2/c1-14(34)4-9-18(33-22(37)19-13-31-23(39-19)15-5-7-16(26)8-6-15)21(36)32-17(3-2-10-25(27,28)29)20(35)24-30-11-12-38-24/h5-8,11-14,17-18,34H,2-4,9-10H2,1H3,(H,32,36)(H,33,37)/t14?,17-,18-/m0/s1. The maximum Gasteiger partial charge on any atom is 0.389 e. The van der Waals surface area contributed by atoms with Crippen molar-refractivity contribution in [3.63, 3.8) is 0 Å². The molecule has 210 valence electrons. The molecule has 2 heterocycles. The zero-order valence-corrected chi connectivity index (χ0v) is 22.3. The molecule has 3 N–H and O–H groups in total. The van der Waals surface area contributed by atoms with Gasteiger partial charge in [0.2, 0.25) is 11.7 Å². The minimum Gasteiger partial charge on any atom is -0.393 e. The van der Waals surface area contributed by atoms with Crippen LogP contribution in [0.3, 0.4) is 0 Å². The van der Waals surface area contributed by atoms with Gasteiger partial charge in [0.05, 0.1) is 18.3 Å². The zero-order chi connectivity index (χ0) is 28.6. The van der Waals surface area contributed by atoms with Gasteiger partial charge in [0, 0.05) is 23.6 Å². The molecule has 0 saturated heterocycles. The Balaban J connectivity index is 1.74. The topological polar surface area (TPSA) is 121 Å². The lowest BCUT2D eigenvalue weighted by Gasteiger charge is -2.23. The first-order chi connectivity index (χ1) is 18.4. The number of ketones is 1. The maximum atomic E-state index is 13.2. The summed E-state index contributed by atoms with van der Waals surface area (Å²) < 4.78 is 51.3. The molecule has 3 atom stereocenters. The lowest BCUT2D eigenvalue weighted by Crippen LogP contribution is -2.51. The van der Waals surface area contributed by atoms with Crippen LogP contribution in [0.5, 0.6) is 0 Å². The number of nitrogens with one attached hydrogen (secondary N) is 2.